The fourth-order valence-corrected chi connectivity index (χ4v) is 3.54. The Balaban J connectivity index is 1.57. The van der Waals surface area contributed by atoms with Crippen molar-refractivity contribution in [2.75, 3.05) is 32.8 Å². The minimum Gasteiger partial charge on any atom is -0.492 e. The summed E-state index contributed by atoms with van der Waals surface area (Å²) in [4.78, 5) is 42.4. The molecule has 0 spiro atoms. The van der Waals surface area contributed by atoms with Crippen LogP contribution < -0.4 is 4.74 Å². The summed E-state index contributed by atoms with van der Waals surface area (Å²) in [6.07, 6.45) is 3.67. The van der Waals surface area contributed by atoms with Gasteiger partial charge in [-0.1, -0.05) is 6.42 Å². The maximum absolute atomic E-state index is 12.4. The quantitative estimate of drug-likeness (QED) is 0.386. The van der Waals surface area contributed by atoms with E-state index in [2.05, 4.69) is 16.7 Å². The summed E-state index contributed by atoms with van der Waals surface area (Å²) in [7, 11) is 0. The van der Waals surface area contributed by atoms with Crippen LogP contribution in [-0.4, -0.2) is 65.6 Å². The molecule has 0 bridgehead atoms. The fraction of sp³-hybridized carbons (Fsp3) is 0.556. The van der Waals surface area contributed by atoms with Crippen molar-refractivity contribution in [2.45, 2.75) is 32.2 Å². The molecule has 2 heterocycles. The molecule has 3 rings (SSSR count). The van der Waals surface area contributed by atoms with Gasteiger partial charge in [-0.2, -0.15) is 0 Å². The molecule has 1 unspecified atom stereocenters. The Bertz CT molecular complexity index is 738. The number of carbonyl (C=O) groups is 2. The van der Waals surface area contributed by atoms with Crippen LogP contribution in [0.3, 0.4) is 0 Å². The molecule has 1 aromatic carbocycles. The van der Waals surface area contributed by atoms with Crippen LogP contribution in [0.25, 0.3) is 0 Å². The number of hydrogen-bond donors (Lipinski definition) is 0. The number of benzene rings is 1. The number of hydrogen-bond acceptors (Lipinski definition) is 7. The van der Waals surface area contributed by atoms with Gasteiger partial charge in [-0.3, -0.25) is 19.4 Å². The summed E-state index contributed by atoms with van der Waals surface area (Å²) in [6.45, 7) is 4.09. The minimum atomic E-state index is -0.951. The van der Waals surface area contributed by atoms with Crippen LogP contribution in [0, 0.1) is 10.1 Å². The molecular weight excluding hydrogens is 354 g/mol. The molecule has 9 nitrogen and oxygen atoms in total. The first-order chi connectivity index (χ1) is 13.0. The van der Waals surface area contributed by atoms with Crippen LogP contribution in [0.15, 0.2) is 18.2 Å². The first-order valence-corrected chi connectivity index (χ1v) is 9.12. The van der Waals surface area contributed by atoms with Crippen LogP contribution in [0.5, 0.6) is 5.75 Å². The fourth-order valence-electron chi connectivity index (χ4n) is 3.54. The summed E-state index contributed by atoms with van der Waals surface area (Å²) in [5.41, 5.74) is 0.531. The van der Waals surface area contributed by atoms with Gasteiger partial charge < -0.3 is 9.57 Å². The molecule has 2 aliphatic rings. The van der Waals surface area contributed by atoms with Crippen molar-refractivity contribution in [1.82, 2.24) is 9.80 Å². The summed E-state index contributed by atoms with van der Waals surface area (Å²) in [5, 5.41) is 9.26. The van der Waals surface area contributed by atoms with Crippen molar-refractivity contribution < 1.29 is 24.3 Å². The van der Waals surface area contributed by atoms with E-state index in [0.717, 1.165) is 18.0 Å². The molecule has 1 fully saturated rings. The molecule has 0 aliphatic carbocycles. The van der Waals surface area contributed by atoms with E-state index in [1.165, 1.54) is 19.3 Å². The first-order valence-electron chi connectivity index (χ1n) is 9.12. The van der Waals surface area contributed by atoms with E-state index in [0.29, 0.717) is 18.4 Å². The molecule has 2 aliphatic heterocycles. The van der Waals surface area contributed by atoms with Crippen molar-refractivity contribution in [1.29, 1.82) is 0 Å². The average Bonchev–Trinajstić information content (AvgIpc) is 2.87. The van der Waals surface area contributed by atoms with Crippen molar-refractivity contribution >= 4 is 11.8 Å². The van der Waals surface area contributed by atoms with Crippen molar-refractivity contribution in [3.05, 3.63) is 39.4 Å². The predicted octanol–water partition coefficient (Wildman–Crippen LogP) is 1.74. The van der Waals surface area contributed by atoms with E-state index in [4.69, 9.17) is 4.74 Å². The number of rotatable bonds is 8. The number of fused-ring (bicyclic) bond motifs is 1. The Labute approximate surface area is 156 Å². The van der Waals surface area contributed by atoms with E-state index in [-0.39, 0.29) is 24.3 Å². The van der Waals surface area contributed by atoms with Crippen molar-refractivity contribution in [2.24, 2.45) is 0 Å². The highest BCUT2D eigenvalue weighted by Crippen LogP contribution is 2.27. The molecule has 1 aromatic rings. The van der Waals surface area contributed by atoms with Gasteiger partial charge in [0.25, 0.3) is 16.9 Å². The zero-order chi connectivity index (χ0) is 19.4. The van der Waals surface area contributed by atoms with Gasteiger partial charge in [0.05, 0.1) is 17.7 Å². The molecule has 9 heteroatoms. The second-order valence-corrected chi connectivity index (χ2v) is 6.76. The van der Waals surface area contributed by atoms with Gasteiger partial charge in [0.1, 0.15) is 19.0 Å². The van der Waals surface area contributed by atoms with E-state index in [9.17, 15) is 19.7 Å². The maximum atomic E-state index is 12.4. The van der Waals surface area contributed by atoms with Crippen LogP contribution in [0.1, 0.15) is 46.9 Å². The maximum Gasteiger partial charge on any atom is 0.294 e. The molecule has 0 N–H and O–H groups in total. The molecule has 0 radical (unpaired) electrons. The SMILES string of the molecule is CC1CCCCN1CCOc1ccc2c(c1)C(=O)N(CCO[N+](=O)[O-])C2=O. The summed E-state index contributed by atoms with van der Waals surface area (Å²) in [6, 6.07) is 5.34. The van der Waals surface area contributed by atoms with Crippen LogP contribution >= 0.6 is 0 Å². The third kappa shape index (κ3) is 4.36. The second-order valence-electron chi connectivity index (χ2n) is 6.76. The number of carbonyl (C=O) groups excluding carboxylic acids is 2. The predicted molar refractivity (Wildman–Crippen MR) is 95.1 cm³/mol. The molecular formula is C18H23N3O6. The summed E-state index contributed by atoms with van der Waals surface area (Å²) in [5.74, 6) is -0.435. The van der Waals surface area contributed by atoms with Gasteiger partial charge in [0, 0.05) is 12.6 Å². The van der Waals surface area contributed by atoms with Gasteiger partial charge in [0.15, 0.2) is 0 Å². The largest absolute Gasteiger partial charge is 0.492 e. The lowest BCUT2D eigenvalue weighted by atomic mass is 10.0. The molecule has 1 saturated heterocycles. The van der Waals surface area contributed by atoms with Gasteiger partial charge in [-0.15, -0.1) is 10.1 Å². The zero-order valence-corrected chi connectivity index (χ0v) is 15.3. The highest BCUT2D eigenvalue weighted by Gasteiger charge is 2.35. The zero-order valence-electron chi connectivity index (χ0n) is 15.3. The Hall–Kier alpha value is -2.68. The number of likely N-dealkylation sites (tertiary alicyclic amines) is 1. The van der Waals surface area contributed by atoms with Crippen molar-refractivity contribution in [3.8, 4) is 5.75 Å². The monoisotopic (exact) mass is 377 g/mol. The molecule has 0 saturated carbocycles. The highest BCUT2D eigenvalue weighted by atomic mass is 16.9. The van der Waals surface area contributed by atoms with Crippen LogP contribution in [0.4, 0.5) is 0 Å². The molecule has 1 atom stereocenters. The Morgan fingerprint density at radius 2 is 1.93 bits per heavy atom. The second kappa shape index (κ2) is 8.34. The minimum absolute atomic E-state index is 0.170. The lowest BCUT2D eigenvalue weighted by Gasteiger charge is -2.33. The van der Waals surface area contributed by atoms with E-state index < -0.39 is 16.9 Å². The van der Waals surface area contributed by atoms with E-state index >= 15 is 0 Å². The molecule has 146 valence electrons. The standard InChI is InChI=1S/C18H23N3O6/c1-13-4-2-3-7-19(13)8-10-26-14-5-6-15-16(12-14)18(23)20(17(15)22)9-11-27-21(24)25/h5-6,12-13H,2-4,7-11H2,1H3. The number of piperidine rings is 1. The van der Waals surface area contributed by atoms with Crippen LogP contribution in [0.2, 0.25) is 0 Å². The Morgan fingerprint density at radius 1 is 1.15 bits per heavy atom. The van der Waals surface area contributed by atoms with E-state index in [1.54, 1.807) is 18.2 Å². The lowest BCUT2D eigenvalue weighted by molar-refractivity contribution is -0.757. The third-order valence-corrected chi connectivity index (χ3v) is 5.04. The number of nitrogens with zero attached hydrogens (tertiary/aromatic N) is 3. The number of imide groups is 1. The average molecular weight is 377 g/mol. The van der Waals surface area contributed by atoms with Crippen molar-refractivity contribution in [3.63, 3.8) is 0 Å². The normalized spacial score (nSPS) is 19.9. The summed E-state index contributed by atoms with van der Waals surface area (Å²) < 4.78 is 5.78. The smallest absolute Gasteiger partial charge is 0.294 e. The molecule has 0 aromatic heterocycles. The lowest BCUT2D eigenvalue weighted by Crippen LogP contribution is -2.39. The van der Waals surface area contributed by atoms with Crippen LogP contribution in [-0.2, 0) is 4.84 Å². The summed E-state index contributed by atoms with van der Waals surface area (Å²) >= 11 is 0. The van der Waals surface area contributed by atoms with Gasteiger partial charge >= 0.3 is 0 Å². The van der Waals surface area contributed by atoms with Gasteiger partial charge in [-0.25, -0.2) is 0 Å². The molecule has 2 amide bonds. The highest BCUT2D eigenvalue weighted by molar-refractivity contribution is 6.21. The topological polar surface area (TPSA) is 102 Å². The number of ether oxygens (including phenoxy) is 1. The Kier molecular flexibility index (Phi) is 5.90. The van der Waals surface area contributed by atoms with E-state index in [1.807, 2.05) is 0 Å². The van der Waals surface area contributed by atoms with Gasteiger partial charge in [-0.05, 0) is 44.5 Å². The third-order valence-electron chi connectivity index (χ3n) is 5.04. The Morgan fingerprint density at radius 3 is 2.67 bits per heavy atom. The number of amides is 2. The first kappa shape index (κ1) is 19.1. The molecule has 27 heavy (non-hydrogen) atoms. The van der Waals surface area contributed by atoms with Gasteiger partial charge in [0.2, 0.25) is 0 Å².